The van der Waals surface area contributed by atoms with E-state index >= 15 is 0 Å². The maximum Gasteiger partial charge on any atom is 0.264 e. The van der Waals surface area contributed by atoms with Crippen LogP contribution in [0.1, 0.15) is 33.9 Å². The molecule has 0 saturated carbocycles. The normalized spacial score (nSPS) is 21.5. The second-order valence-electron chi connectivity index (χ2n) is 7.61. The first-order chi connectivity index (χ1) is 13.6. The number of piperazine rings is 1. The van der Waals surface area contributed by atoms with Gasteiger partial charge < -0.3 is 9.80 Å². The molecule has 0 radical (unpaired) electrons. The Bertz CT molecular complexity index is 1030. The second kappa shape index (κ2) is 6.70. The molecule has 2 aromatic heterocycles. The summed E-state index contributed by atoms with van der Waals surface area (Å²) in [6.07, 6.45) is 3.54. The van der Waals surface area contributed by atoms with Gasteiger partial charge in [0.2, 0.25) is 5.91 Å². The molecule has 4 heterocycles. The van der Waals surface area contributed by atoms with Gasteiger partial charge in [-0.1, -0.05) is 18.2 Å². The second-order valence-corrected chi connectivity index (χ2v) is 8.66. The maximum atomic E-state index is 13.1. The number of aryl methyl sites for hydroxylation is 1. The highest BCUT2D eigenvalue weighted by molar-refractivity contribution is 7.21. The summed E-state index contributed by atoms with van der Waals surface area (Å²) in [6, 6.07) is 8.34. The summed E-state index contributed by atoms with van der Waals surface area (Å²) in [4.78, 5) is 34.6. The lowest BCUT2D eigenvalue weighted by molar-refractivity contribution is -0.135. The van der Waals surface area contributed by atoms with Gasteiger partial charge in [0.1, 0.15) is 12.2 Å². The minimum absolute atomic E-state index is 0.0637. The van der Waals surface area contributed by atoms with E-state index in [0.29, 0.717) is 18.9 Å². The molecule has 5 rings (SSSR count). The van der Waals surface area contributed by atoms with Crippen molar-refractivity contribution in [3.63, 3.8) is 0 Å². The molecule has 1 aromatic carbocycles. The average Bonchev–Trinajstić information content (AvgIpc) is 3.40. The van der Waals surface area contributed by atoms with Gasteiger partial charge in [-0.25, -0.2) is 4.98 Å². The van der Waals surface area contributed by atoms with E-state index in [0.717, 1.165) is 23.1 Å². The van der Waals surface area contributed by atoms with Gasteiger partial charge in [0.25, 0.3) is 5.91 Å². The van der Waals surface area contributed by atoms with Crippen LogP contribution >= 0.6 is 11.3 Å². The molecule has 2 aliphatic rings. The van der Waals surface area contributed by atoms with Gasteiger partial charge in [0.05, 0.1) is 11.3 Å². The van der Waals surface area contributed by atoms with Gasteiger partial charge in [0, 0.05) is 29.9 Å². The van der Waals surface area contributed by atoms with Crippen LogP contribution in [0.25, 0.3) is 10.1 Å². The number of nitrogens with zero attached hydrogens (tertiary/aromatic N) is 4. The molecule has 144 valence electrons. The monoisotopic (exact) mass is 395 g/mol. The third kappa shape index (κ3) is 2.88. The Balaban J connectivity index is 1.33. The van der Waals surface area contributed by atoms with Gasteiger partial charge in [0.15, 0.2) is 0 Å². The van der Waals surface area contributed by atoms with E-state index in [4.69, 9.17) is 0 Å². The molecule has 0 unspecified atom stereocenters. The summed E-state index contributed by atoms with van der Waals surface area (Å²) in [5.74, 6) is 0.734. The van der Waals surface area contributed by atoms with Gasteiger partial charge in [-0.15, -0.1) is 11.3 Å². The van der Waals surface area contributed by atoms with Crippen LogP contribution in [0.4, 0.5) is 0 Å². The highest BCUT2D eigenvalue weighted by atomic mass is 32.1. The molecule has 28 heavy (non-hydrogen) atoms. The van der Waals surface area contributed by atoms with Crippen LogP contribution in [-0.4, -0.2) is 62.0 Å². The number of benzene rings is 1. The predicted octanol–water partition coefficient (Wildman–Crippen LogP) is 2.39. The number of rotatable bonds is 3. The van der Waals surface area contributed by atoms with Crippen molar-refractivity contribution in [3.05, 3.63) is 46.9 Å². The number of fused-ring (bicyclic) bond motifs is 3. The fourth-order valence-electron chi connectivity index (χ4n) is 4.50. The molecule has 2 bridgehead atoms. The first-order valence-electron chi connectivity index (χ1n) is 9.54. The van der Waals surface area contributed by atoms with E-state index in [9.17, 15) is 9.59 Å². The molecule has 2 aliphatic heterocycles. The van der Waals surface area contributed by atoms with Crippen LogP contribution in [-0.2, 0) is 11.2 Å². The molecule has 2 atom stereocenters. The fraction of sp³-hybridized carbons (Fsp3) is 0.400. The van der Waals surface area contributed by atoms with Crippen molar-refractivity contribution in [1.82, 2.24) is 25.0 Å². The Morgan fingerprint density at radius 1 is 1.25 bits per heavy atom. The summed E-state index contributed by atoms with van der Waals surface area (Å²) < 4.78 is 1.18. The third-order valence-corrected chi connectivity index (χ3v) is 7.07. The van der Waals surface area contributed by atoms with Gasteiger partial charge >= 0.3 is 0 Å². The van der Waals surface area contributed by atoms with Crippen LogP contribution in [0.5, 0.6) is 0 Å². The molecule has 0 spiro atoms. The largest absolute Gasteiger partial charge is 0.334 e. The third-order valence-electron chi connectivity index (χ3n) is 5.79. The Morgan fingerprint density at radius 2 is 2.04 bits per heavy atom. The minimum Gasteiger partial charge on any atom is -0.334 e. The number of carbonyl (C=O) groups excluding carboxylic acids is 2. The zero-order chi connectivity index (χ0) is 19.3. The van der Waals surface area contributed by atoms with E-state index < -0.39 is 0 Å². The molecule has 2 amide bonds. The van der Waals surface area contributed by atoms with Crippen molar-refractivity contribution < 1.29 is 9.59 Å². The Morgan fingerprint density at radius 3 is 2.71 bits per heavy atom. The van der Waals surface area contributed by atoms with Gasteiger partial charge in [-0.05, 0) is 36.8 Å². The van der Waals surface area contributed by atoms with Crippen molar-refractivity contribution in [2.75, 3.05) is 13.1 Å². The van der Waals surface area contributed by atoms with Crippen molar-refractivity contribution in [2.45, 2.75) is 38.3 Å². The van der Waals surface area contributed by atoms with Gasteiger partial charge in [-0.2, -0.15) is 5.10 Å². The molecule has 8 heteroatoms. The average molecular weight is 395 g/mol. The molecule has 1 N–H and O–H groups in total. The first-order valence-corrected chi connectivity index (χ1v) is 10.4. The number of carbonyl (C=O) groups is 2. The maximum absolute atomic E-state index is 13.1. The molecule has 7 nitrogen and oxygen atoms in total. The summed E-state index contributed by atoms with van der Waals surface area (Å²) in [6.45, 7) is 3.28. The van der Waals surface area contributed by atoms with E-state index in [-0.39, 0.29) is 30.3 Å². The molecule has 3 aromatic rings. The van der Waals surface area contributed by atoms with Crippen molar-refractivity contribution in [2.24, 2.45) is 0 Å². The Labute approximate surface area is 166 Å². The number of hydrogen-bond donors (Lipinski definition) is 1. The van der Waals surface area contributed by atoms with Crippen molar-refractivity contribution in [3.8, 4) is 0 Å². The SMILES string of the molecule is Cc1cccc2cc(C(=O)N3C[C@H]4CC[C@@H](C3)N4C(=O)Cc3ncn[nH]3)sc12. The summed E-state index contributed by atoms with van der Waals surface area (Å²) in [5, 5.41) is 7.68. The predicted molar refractivity (Wildman–Crippen MR) is 106 cm³/mol. The van der Waals surface area contributed by atoms with Crippen LogP contribution in [0, 0.1) is 6.92 Å². The lowest BCUT2D eigenvalue weighted by Crippen LogP contribution is -2.57. The molecule has 0 aliphatic carbocycles. The molecule has 2 saturated heterocycles. The lowest BCUT2D eigenvalue weighted by atomic mass is 10.1. The van der Waals surface area contributed by atoms with E-state index in [2.05, 4.69) is 34.2 Å². The number of likely N-dealkylation sites (tertiary alicyclic amines) is 1. The molecular weight excluding hydrogens is 374 g/mol. The zero-order valence-corrected chi connectivity index (χ0v) is 16.4. The first kappa shape index (κ1) is 17.4. The number of H-pyrrole nitrogens is 1. The number of aromatic nitrogens is 3. The topological polar surface area (TPSA) is 82.2 Å². The number of aromatic amines is 1. The van der Waals surface area contributed by atoms with Gasteiger partial charge in [-0.3, -0.25) is 14.7 Å². The smallest absolute Gasteiger partial charge is 0.264 e. The fourth-order valence-corrected chi connectivity index (χ4v) is 5.59. The minimum atomic E-state index is 0.0637. The highest BCUT2D eigenvalue weighted by Crippen LogP contribution is 2.34. The quantitative estimate of drug-likeness (QED) is 0.738. The standard InChI is InChI=1S/C20H21N5O2S/c1-12-3-2-4-13-7-16(28-19(12)13)20(27)24-9-14-5-6-15(10-24)25(14)18(26)8-17-21-11-22-23-17/h2-4,7,11,14-15H,5-6,8-10H2,1H3,(H,21,22,23)/t14-,15+. The van der Waals surface area contributed by atoms with Crippen LogP contribution in [0.15, 0.2) is 30.6 Å². The molecular formula is C20H21N5O2S. The highest BCUT2D eigenvalue weighted by Gasteiger charge is 2.44. The van der Waals surface area contributed by atoms with Crippen LogP contribution < -0.4 is 0 Å². The number of amides is 2. The summed E-state index contributed by atoms with van der Waals surface area (Å²) >= 11 is 1.57. The number of nitrogens with one attached hydrogen (secondary N) is 1. The zero-order valence-electron chi connectivity index (χ0n) is 15.6. The number of hydrogen-bond acceptors (Lipinski definition) is 5. The Kier molecular flexibility index (Phi) is 4.16. The Hall–Kier alpha value is -2.74. The van der Waals surface area contributed by atoms with Crippen LogP contribution in [0.3, 0.4) is 0 Å². The van der Waals surface area contributed by atoms with Crippen LogP contribution in [0.2, 0.25) is 0 Å². The van der Waals surface area contributed by atoms with E-state index in [1.165, 1.54) is 16.6 Å². The summed E-state index contributed by atoms with van der Waals surface area (Å²) in [5.41, 5.74) is 1.20. The van der Waals surface area contributed by atoms with E-state index in [1.54, 1.807) is 11.3 Å². The molecule has 2 fully saturated rings. The number of thiophene rings is 1. The van der Waals surface area contributed by atoms with Crippen molar-refractivity contribution >= 4 is 33.2 Å². The van der Waals surface area contributed by atoms with Crippen molar-refractivity contribution in [1.29, 1.82) is 0 Å². The summed E-state index contributed by atoms with van der Waals surface area (Å²) in [7, 11) is 0. The lowest BCUT2D eigenvalue weighted by Gasteiger charge is -2.41. The van der Waals surface area contributed by atoms with E-state index in [1.807, 2.05) is 21.9 Å².